The Hall–Kier alpha value is -2.94. The molecule has 1 aliphatic heterocycles. The van der Waals surface area contributed by atoms with E-state index in [0.29, 0.717) is 32.2 Å². The molecule has 0 bridgehead atoms. The predicted octanol–water partition coefficient (Wildman–Crippen LogP) is 0.279. The Morgan fingerprint density at radius 3 is 2.52 bits per heavy atom. The zero-order valence-corrected chi connectivity index (χ0v) is 18.0. The molecule has 1 saturated heterocycles. The highest BCUT2D eigenvalue weighted by Crippen LogP contribution is 2.21. The molecule has 1 aliphatic rings. The smallest absolute Gasteiger partial charge is 0.326 e. The van der Waals surface area contributed by atoms with Crippen LogP contribution in [0.15, 0.2) is 30.3 Å². The third kappa shape index (κ3) is 6.78. The third-order valence-corrected chi connectivity index (χ3v) is 5.67. The molecule has 0 aliphatic carbocycles. The standard InChI is InChI=1S/C22H32N4O5/c1-3-14(2)19(21(29)26-11-7-10-17(26)22(30)31)25-18(27)13-24-20(28)16(23)12-15-8-5-4-6-9-15/h4-6,8-9,14,16-17,19H,3,7,10-13,23H2,1-2H3,(H,24,28)(H,25,27)(H,30,31). The molecule has 170 valence electrons. The maximum atomic E-state index is 13.0. The van der Waals surface area contributed by atoms with E-state index in [2.05, 4.69) is 10.6 Å². The van der Waals surface area contributed by atoms with Crippen LogP contribution in [0.2, 0.25) is 0 Å². The summed E-state index contributed by atoms with van der Waals surface area (Å²) >= 11 is 0. The molecule has 0 saturated carbocycles. The molecule has 1 fully saturated rings. The van der Waals surface area contributed by atoms with Gasteiger partial charge in [-0.2, -0.15) is 0 Å². The molecular weight excluding hydrogens is 400 g/mol. The van der Waals surface area contributed by atoms with Crippen LogP contribution >= 0.6 is 0 Å². The molecule has 1 aromatic rings. The molecule has 4 unspecified atom stereocenters. The van der Waals surface area contributed by atoms with Crippen LogP contribution in [-0.4, -0.2) is 64.9 Å². The summed E-state index contributed by atoms with van der Waals surface area (Å²) in [4.78, 5) is 50.4. The van der Waals surface area contributed by atoms with Crippen LogP contribution in [-0.2, 0) is 25.6 Å². The highest BCUT2D eigenvalue weighted by atomic mass is 16.4. The summed E-state index contributed by atoms with van der Waals surface area (Å²) in [5, 5.41) is 14.5. The molecule has 3 amide bonds. The number of nitrogens with one attached hydrogen (secondary N) is 2. The van der Waals surface area contributed by atoms with Crippen molar-refractivity contribution in [1.82, 2.24) is 15.5 Å². The highest BCUT2D eigenvalue weighted by molar-refractivity contribution is 5.93. The van der Waals surface area contributed by atoms with Crippen LogP contribution in [0.4, 0.5) is 0 Å². The first-order valence-corrected chi connectivity index (χ1v) is 10.6. The van der Waals surface area contributed by atoms with Crippen LogP contribution < -0.4 is 16.4 Å². The van der Waals surface area contributed by atoms with E-state index in [1.165, 1.54) is 4.90 Å². The molecule has 0 aromatic heterocycles. The van der Waals surface area contributed by atoms with Crippen LogP contribution in [0.3, 0.4) is 0 Å². The monoisotopic (exact) mass is 432 g/mol. The number of carbonyl (C=O) groups excluding carboxylic acids is 3. The molecule has 0 radical (unpaired) electrons. The fourth-order valence-electron chi connectivity index (χ4n) is 3.63. The van der Waals surface area contributed by atoms with E-state index in [1.807, 2.05) is 44.2 Å². The zero-order valence-electron chi connectivity index (χ0n) is 18.0. The maximum Gasteiger partial charge on any atom is 0.326 e. The van der Waals surface area contributed by atoms with Crippen molar-refractivity contribution >= 4 is 23.7 Å². The van der Waals surface area contributed by atoms with Crippen molar-refractivity contribution in [2.45, 2.75) is 57.7 Å². The van der Waals surface area contributed by atoms with Gasteiger partial charge in [0.05, 0.1) is 12.6 Å². The maximum absolute atomic E-state index is 13.0. The number of hydrogen-bond acceptors (Lipinski definition) is 5. The fraction of sp³-hybridized carbons (Fsp3) is 0.545. The average molecular weight is 433 g/mol. The van der Waals surface area contributed by atoms with Crippen molar-refractivity contribution in [2.24, 2.45) is 11.7 Å². The molecule has 4 atom stereocenters. The Kier molecular flexibility index (Phi) is 8.99. The van der Waals surface area contributed by atoms with Gasteiger partial charge < -0.3 is 26.4 Å². The van der Waals surface area contributed by atoms with Gasteiger partial charge in [-0.3, -0.25) is 14.4 Å². The van der Waals surface area contributed by atoms with E-state index in [9.17, 15) is 24.3 Å². The van der Waals surface area contributed by atoms with E-state index in [1.54, 1.807) is 0 Å². The molecule has 1 heterocycles. The SMILES string of the molecule is CCC(C)C(NC(=O)CNC(=O)C(N)Cc1ccccc1)C(=O)N1CCCC1C(=O)O. The number of aliphatic carboxylic acids is 1. The lowest BCUT2D eigenvalue weighted by atomic mass is 9.97. The fourth-order valence-corrected chi connectivity index (χ4v) is 3.63. The Bertz CT molecular complexity index is 785. The van der Waals surface area contributed by atoms with Crippen molar-refractivity contribution in [3.05, 3.63) is 35.9 Å². The summed E-state index contributed by atoms with van der Waals surface area (Å²) in [6.45, 7) is 3.75. The van der Waals surface area contributed by atoms with E-state index >= 15 is 0 Å². The third-order valence-electron chi connectivity index (χ3n) is 5.67. The van der Waals surface area contributed by atoms with Gasteiger partial charge in [0.1, 0.15) is 12.1 Å². The summed E-state index contributed by atoms with van der Waals surface area (Å²) in [7, 11) is 0. The number of hydrogen-bond donors (Lipinski definition) is 4. The highest BCUT2D eigenvalue weighted by Gasteiger charge is 2.39. The minimum atomic E-state index is -1.04. The average Bonchev–Trinajstić information content (AvgIpc) is 3.25. The van der Waals surface area contributed by atoms with Gasteiger partial charge >= 0.3 is 5.97 Å². The topological polar surface area (TPSA) is 142 Å². The second kappa shape index (κ2) is 11.5. The number of nitrogens with zero attached hydrogens (tertiary/aromatic N) is 1. The lowest BCUT2D eigenvalue weighted by Crippen LogP contribution is -2.56. The Morgan fingerprint density at radius 2 is 1.90 bits per heavy atom. The van der Waals surface area contributed by atoms with E-state index < -0.39 is 41.8 Å². The van der Waals surface area contributed by atoms with Crippen LogP contribution in [0.1, 0.15) is 38.7 Å². The molecule has 5 N–H and O–H groups in total. The number of likely N-dealkylation sites (tertiary alicyclic amines) is 1. The minimum Gasteiger partial charge on any atom is -0.480 e. The molecule has 1 aromatic carbocycles. The van der Waals surface area contributed by atoms with Gasteiger partial charge in [-0.25, -0.2) is 4.79 Å². The number of nitrogens with two attached hydrogens (primary N) is 1. The second-order valence-corrected chi connectivity index (χ2v) is 7.97. The van der Waals surface area contributed by atoms with Crippen molar-refractivity contribution < 1.29 is 24.3 Å². The lowest BCUT2D eigenvalue weighted by molar-refractivity contribution is -0.150. The largest absolute Gasteiger partial charge is 0.480 e. The molecular formula is C22H32N4O5. The van der Waals surface area contributed by atoms with Crippen LogP contribution in [0, 0.1) is 5.92 Å². The Labute approximate surface area is 182 Å². The second-order valence-electron chi connectivity index (χ2n) is 7.97. The van der Waals surface area contributed by atoms with Crippen molar-refractivity contribution in [3.8, 4) is 0 Å². The lowest BCUT2D eigenvalue weighted by Gasteiger charge is -2.30. The van der Waals surface area contributed by atoms with Gasteiger partial charge in [0, 0.05) is 6.54 Å². The first kappa shape index (κ1) is 24.3. The summed E-state index contributed by atoms with van der Waals surface area (Å²) in [6.07, 6.45) is 1.97. The van der Waals surface area contributed by atoms with Gasteiger partial charge in [-0.15, -0.1) is 0 Å². The molecule has 0 spiro atoms. The number of amides is 3. The first-order valence-electron chi connectivity index (χ1n) is 10.6. The number of carbonyl (C=O) groups is 4. The van der Waals surface area contributed by atoms with Crippen molar-refractivity contribution in [2.75, 3.05) is 13.1 Å². The van der Waals surface area contributed by atoms with Crippen molar-refractivity contribution in [1.29, 1.82) is 0 Å². The molecule has 2 rings (SSSR count). The Morgan fingerprint density at radius 1 is 1.23 bits per heavy atom. The number of rotatable bonds is 10. The van der Waals surface area contributed by atoms with Gasteiger partial charge in [-0.1, -0.05) is 50.6 Å². The minimum absolute atomic E-state index is 0.192. The van der Waals surface area contributed by atoms with Gasteiger partial charge in [0.2, 0.25) is 17.7 Å². The summed E-state index contributed by atoms with van der Waals surface area (Å²) in [5.41, 5.74) is 6.83. The summed E-state index contributed by atoms with van der Waals surface area (Å²) < 4.78 is 0. The van der Waals surface area contributed by atoms with Crippen LogP contribution in [0.5, 0.6) is 0 Å². The number of carboxylic acid groups (broad SMARTS) is 1. The quantitative estimate of drug-likeness (QED) is 0.418. The van der Waals surface area contributed by atoms with E-state index in [4.69, 9.17) is 5.73 Å². The van der Waals surface area contributed by atoms with Gasteiger partial charge in [0.25, 0.3) is 0 Å². The normalized spacial score (nSPS) is 18.7. The summed E-state index contributed by atoms with van der Waals surface area (Å²) in [6, 6.07) is 6.79. The van der Waals surface area contributed by atoms with Gasteiger partial charge in [0.15, 0.2) is 0 Å². The molecule has 31 heavy (non-hydrogen) atoms. The van der Waals surface area contributed by atoms with Gasteiger partial charge in [-0.05, 0) is 30.7 Å². The van der Waals surface area contributed by atoms with E-state index in [-0.39, 0.29) is 12.5 Å². The summed E-state index contributed by atoms with van der Waals surface area (Å²) in [5.74, 6) is -2.62. The number of carboxylic acids is 1. The van der Waals surface area contributed by atoms with Crippen molar-refractivity contribution in [3.63, 3.8) is 0 Å². The number of benzene rings is 1. The molecule has 9 heteroatoms. The molecule has 9 nitrogen and oxygen atoms in total. The van der Waals surface area contributed by atoms with Crippen LogP contribution in [0.25, 0.3) is 0 Å². The predicted molar refractivity (Wildman–Crippen MR) is 115 cm³/mol. The zero-order chi connectivity index (χ0) is 23.0. The Balaban J connectivity index is 1.92. The van der Waals surface area contributed by atoms with E-state index in [0.717, 1.165) is 5.56 Å². The first-order chi connectivity index (χ1) is 14.7.